The number of nitrogens with one attached hydrogen (secondary N) is 1. The molecule has 0 radical (unpaired) electrons. The Morgan fingerprint density at radius 1 is 1.05 bits per heavy atom. The molecule has 0 aliphatic carbocycles. The summed E-state index contributed by atoms with van der Waals surface area (Å²) in [6.45, 7) is 0.838. The Labute approximate surface area is 152 Å². The van der Waals surface area contributed by atoms with Crippen LogP contribution in [0.2, 0.25) is 5.02 Å². The van der Waals surface area contributed by atoms with Crippen LogP contribution in [-0.4, -0.2) is 6.79 Å². The Balaban J connectivity index is 1.81. The summed E-state index contributed by atoms with van der Waals surface area (Å²) in [5.74, 6) is 1.31. The molecule has 0 amide bonds. The lowest BCUT2D eigenvalue weighted by Gasteiger charge is -2.12. The van der Waals surface area contributed by atoms with E-state index in [1.807, 2.05) is 24.3 Å². The van der Waals surface area contributed by atoms with Gasteiger partial charge in [0, 0.05) is 20.0 Å². The Morgan fingerprint density at radius 3 is 2.48 bits per heavy atom. The fourth-order valence-corrected chi connectivity index (χ4v) is 4.85. The summed E-state index contributed by atoms with van der Waals surface area (Å²) in [5, 5.41) is 3.94. The molecule has 1 heterocycles. The fraction of sp³-hybridized carbons (Fsp3) is 0.143. The van der Waals surface area contributed by atoms with Crippen LogP contribution in [0.4, 0.5) is 5.69 Å². The minimum absolute atomic E-state index is 0.218. The van der Waals surface area contributed by atoms with Crippen molar-refractivity contribution in [2.45, 2.75) is 6.54 Å². The van der Waals surface area contributed by atoms with Crippen LogP contribution in [0.25, 0.3) is 0 Å². The molecule has 2 aromatic carbocycles. The molecule has 7 heteroatoms. The second-order valence-corrected chi connectivity index (χ2v) is 7.44. The summed E-state index contributed by atoms with van der Waals surface area (Å²) in [4.78, 5) is 0. The van der Waals surface area contributed by atoms with E-state index < -0.39 is 0 Å². The second-order valence-electron chi connectivity index (χ2n) is 4.41. The molecule has 3 rings (SSSR count). The lowest BCUT2D eigenvalue weighted by atomic mass is 10.2. The van der Waals surface area contributed by atoms with Crippen molar-refractivity contribution in [1.82, 2.24) is 0 Å². The Bertz CT molecular complexity index is 686. The van der Waals surface area contributed by atoms with Gasteiger partial charge in [0.05, 0.1) is 10.7 Å². The zero-order chi connectivity index (χ0) is 15.0. The van der Waals surface area contributed by atoms with E-state index in [1.165, 1.54) is 0 Å². The van der Waals surface area contributed by atoms with E-state index in [0.29, 0.717) is 23.1 Å². The quantitative estimate of drug-likeness (QED) is 0.566. The Hall–Kier alpha value is -0.430. The largest absolute Gasteiger partial charge is 0.454 e. The first-order valence-corrected chi connectivity index (χ1v) is 8.76. The van der Waals surface area contributed by atoms with Gasteiger partial charge in [-0.15, -0.1) is 0 Å². The van der Waals surface area contributed by atoms with Crippen LogP contribution in [0.3, 0.4) is 0 Å². The van der Waals surface area contributed by atoms with Crippen molar-refractivity contribution < 1.29 is 9.47 Å². The van der Waals surface area contributed by atoms with Gasteiger partial charge in [0.15, 0.2) is 11.5 Å². The number of anilines is 1. The van der Waals surface area contributed by atoms with E-state index in [2.05, 4.69) is 53.1 Å². The Morgan fingerprint density at radius 2 is 1.76 bits per heavy atom. The highest BCUT2D eigenvalue weighted by molar-refractivity contribution is 9.11. The molecule has 3 nitrogen and oxygen atoms in total. The molecule has 0 fully saturated rings. The van der Waals surface area contributed by atoms with Crippen molar-refractivity contribution in [2.75, 3.05) is 12.1 Å². The number of hydrogen-bond donors (Lipinski definition) is 1. The van der Waals surface area contributed by atoms with Crippen LogP contribution in [0.1, 0.15) is 5.56 Å². The van der Waals surface area contributed by atoms with Crippen LogP contribution in [-0.2, 0) is 6.54 Å². The molecule has 1 aliphatic heterocycles. The summed E-state index contributed by atoms with van der Waals surface area (Å²) in [6.07, 6.45) is 0. The summed E-state index contributed by atoms with van der Waals surface area (Å²) >= 11 is 16.7. The SMILES string of the molecule is Clc1cc(CNc2c(Br)cc(Br)cc2Br)cc2c1OCO2. The standard InChI is InChI=1S/C14H9Br3ClNO2/c15-8-3-9(16)13(10(17)4-8)19-5-7-1-11(18)14-12(2-7)20-6-21-14/h1-4,19H,5-6H2. The van der Waals surface area contributed by atoms with Crippen molar-refractivity contribution in [2.24, 2.45) is 0 Å². The van der Waals surface area contributed by atoms with E-state index in [1.54, 1.807) is 0 Å². The molecule has 2 aromatic rings. The van der Waals surface area contributed by atoms with Crippen LogP contribution in [0.5, 0.6) is 11.5 Å². The third-order valence-electron chi connectivity index (χ3n) is 2.96. The summed E-state index contributed by atoms with van der Waals surface area (Å²) in [5.41, 5.74) is 2.00. The van der Waals surface area contributed by atoms with Gasteiger partial charge in [0.1, 0.15) is 0 Å². The zero-order valence-corrected chi connectivity index (χ0v) is 16.1. The van der Waals surface area contributed by atoms with E-state index in [9.17, 15) is 0 Å². The third-order valence-corrected chi connectivity index (χ3v) is 4.95. The minimum Gasteiger partial charge on any atom is -0.454 e. The minimum atomic E-state index is 0.218. The summed E-state index contributed by atoms with van der Waals surface area (Å²) in [7, 11) is 0. The molecule has 0 spiro atoms. The molecular weight excluding hydrogens is 489 g/mol. The van der Waals surface area contributed by atoms with Crippen molar-refractivity contribution in [3.05, 3.63) is 48.3 Å². The number of hydrogen-bond acceptors (Lipinski definition) is 3. The third kappa shape index (κ3) is 3.33. The first-order valence-electron chi connectivity index (χ1n) is 6.01. The Kier molecular flexibility index (Phi) is 4.69. The normalized spacial score (nSPS) is 12.6. The molecule has 0 saturated carbocycles. The first-order chi connectivity index (χ1) is 10.0. The lowest BCUT2D eigenvalue weighted by Crippen LogP contribution is -2.01. The zero-order valence-electron chi connectivity index (χ0n) is 10.6. The number of fused-ring (bicyclic) bond motifs is 1. The molecule has 0 aromatic heterocycles. The highest BCUT2D eigenvalue weighted by Crippen LogP contribution is 2.40. The monoisotopic (exact) mass is 495 g/mol. The molecule has 110 valence electrons. The van der Waals surface area contributed by atoms with Gasteiger partial charge in [0.25, 0.3) is 0 Å². The van der Waals surface area contributed by atoms with Gasteiger partial charge in [-0.1, -0.05) is 27.5 Å². The lowest BCUT2D eigenvalue weighted by molar-refractivity contribution is 0.174. The maximum absolute atomic E-state index is 6.18. The summed E-state index contributed by atoms with van der Waals surface area (Å²) in [6, 6.07) is 7.78. The van der Waals surface area contributed by atoms with E-state index in [-0.39, 0.29) is 6.79 Å². The van der Waals surface area contributed by atoms with Crippen LogP contribution in [0, 0.1) is 0 Å². The number of ether oxygens (including phenoxy) is 2. The summed E-state index contributed by atoms with van der Waals surface area (Å²) < 4.78 is 13.6. The predicted molar refractivity (Wildman–Crippen MR) is 94.4 cm³/mol. The molecule has 0 unspecified atom stereocenters. The van der Waals surface area contributed by atoms with Gasteiger partial charge >= 0.3 is 0 Å². The molecule has 0 bridgehead atoms. The molecule has 1 aliphatic rings. The van der Waals surface area contributed by atoms with Gasteiger partial charge in [-0.3, -0.25) is 0 Å². The average molecular weight is 498 g/mol. The number of benzene rings is 2. The van der Waals surface area contributed by atoms with E-state index >= 15 is 0 Å². The molecular formula is C14H9Br3ClNO2. The fourth-order valence-electron chi connectivity index (χ4n) is 2.02. The maximum Gasteiger partial charge on any atom is 0.231 e. The second kappa shape index (κ2) is 6.36. The van der Waals surface area contributed by atoms with Crippen LogP contribution < -0.4 is 14.8 Å². The van der Waals surface area contributed by atoms with E-state index in [0.717, 1.165) is 24.7 Å². The van der Waals surface area contributed by atoms with Crippen molar-refractivity contribution in [1.29, 1.82) is 0 Å². The number of rotatable bonds is 3. The van der Waals surface area contributed by atoms with Crippen LogP contribution >= 0.6 is 59.4 Å². The van der Waals surface area contributed by atoms with E-state index in [4.69, 9.17) is 21.1 Å². The highest BCUT2D eigenvalue weighted by atomic mass is 79.9. The average Bonchev–Trinajstić information content (AvgIpc) is 2.86. The van der Waals surface area contributed by atoms with Crippen molar-refractivity contribution >= 4 is 65.1 Å². The van der Waals surface area contributed by atoms with Gasteiger partial charge in [-0.2, -0.15) is 0 Å². The van der Waals surface area contributed by atoms with Crippen molar-refractivity contribution in [3.63, 3.8) is 0 Å². The molecule has 1 N–H and O–H groups in total. The highest BCUT2D eigenvalue weighted by Gasteiger charge is 2.18. The van der Waals surface area contributed by atoms with Crippen LogP contribution in [0.15, 0.2) is 37.7 Å². The topological polar surface area (TPSA) is 30.5 Å². The van der Waals surface area contributed by atoms with Gasteiger partial charge < -0.3 is 14.8 Å². The predicted octanol–water partition coefficient (Wildman–Crippen LogP) is 5.97. The first kappa shape index (κ1) is 15.5. The molecule has 21 heavy (non-hydrogen) atoms. The smallest absolute Gasteiger partial charge is 0.231 e. The molecule has 0 atom stereocenters. The van der Waals surface area contributed by atoms with Gasteiger partial charge in [-0.05, 0) is 61.7 Å². The number of halogens is 4. The van der Waals surface area contributed by atoms with Gasteiger partial charge in [-0.25, -0.2) is 0 Å². The molecule has 0 saturated heterocycles. The van der Waals surface area contributed by atoms with Crippen molar-refractivity contribution in [3.8, 4) is 11.5 Å². The maximum atomic E-state index is 6.18. The van der Waals surface area contributed by atoms with Gasteiger partial charge in [0.2, 0.25) is 6.79 Å².